The minimum absolute atomic E-state index is 0.208. The molecule has 3 rings (SSSR count). The van der Waals surface area contributed by atoms with Crippen LogP contribution >= 0.6 is 0 Å². The van der Waals surface area contributed by atoms with Gasteiger partial charge in [-0.3, -0.25) is 0 Å². The Bertz CT molecular complexity index is 1090. The summed E-state index contributed by atoms with van der Waals surface area (Å²) < 4.78 is 16.3. The topological polar surface area (TPSA) is 119 Å². The molecule has 0 spiro atoms. The molecule has 186 valence electrons. The Morgan fingerprint density at radius 1 is 1.09 bits per heavy atom. The Morgan fingerprint density at radius 3 is 2.43 bits per heavy atom. The quantitative estimate of drug-likeness (QED) is 0.375. The Balaban J connectivity index is 1.56. The predicted molar refractivity (Wildman–Crippen MR) is 133 cm³/mol. The van der Waals surface area contributed by atoms with Crippen molar-refractivity contribution in [2.75, 3.05) is 44.1 Å². The summed E-state index contributed by atoms with van der Waals surface area (Å²) in [7, 11) is 3.37. The number of methoxy groups -OCH3 is 1. The molecule has 0 saturated carbocycles. The van der Waals surface area contributed by atoms with Crippen LogP contribution in [0, 0.1) is 6.92 Å². The molecule has 0 aliphatic rings. The lowest BCUT2D eigenvalue weighted by atomic mass is 10.1. The highest BCUT2D eigenvalue weighted by molar-refractivity contribution is 5.72. The molecule has 0 amide bonds. The van der Waals surface area contributed by atoms with Crippen LogP contribution in [-0.4, -0.2) is 66.0 Å². The maximum atomic E-state index is 11.3. The van der Waals surface area contributed by atoms with Crippen molar-refractivity contribution in [2.24, 2.45) is 0 Å². The van der Waals surface area contributed by atoms with Gasteiger partial charge in [0.05, 0.1) is 13.7 Å². The van der Waals surface area contributed by atoms with Crippen LogP contribution in [0.15, 0.2) is 48.5 Å². The van der Waals surface area contributed by atoms with Crippen molar-refractivity contribution in [2.45, 2.75) is 26.4 Å². The summed E-state index contributed by atoms with van der Waals surface area (Å²) in [6.07, 6.45) is -0.560. The lowest BCUT2D eigenvalue weighted by molar-refractivity contribution is -0.149. The number of hydrogen-bond acceptors (Lipinski definition) is 9. The number of aryl methyl sites for hydroxylation is 1. The number of aromatic nitrogens is 3. The van der Waals surface area contributed by atoms with Gasteiger partial charge in [-0.05, 0) is 43.7 Å². The first-order valence-corrected chi connectivity index (χ1v) is 11.3. The number of likely N-dealkylation sites (N-methyl/N-ethyl adjacent to an activating group) is 1. The summed E-state index contributed by atoms with van der Waals surface area (Å²) in [6, 6.07) is 15.4. The third-order valence-electron chi connectivity index (χ3n) is 5.12. The van der Waals surface area contributed by atoms with Crippen molar-refractivity contribution >= 4 is 23.6 Å². The summed E-state index contributed by atoms with van der Waals surface area (Å²) >= 11 is 0. The number of nitrogens with one attached hydrogen (secondary N) is 1. The molecule has 2 aromatic carbocycles. The fourth-order valence-electron chi connectivity index (χ4n) is 3.18. The van der Waals surface area contributed by atoms with Crippen molar-refractivity contribution in [3.63, 3.8) is 0 Å². The largest absolute Gasteiger partial charge is 0.492 e. The first-order valence-electron chi connectivity index (χ1n) is 11.3. The molecule has 2 N–H and O–H groups in total. The molecule has 1 atom stereocenters. The van der Waals surface area contributed by atoms with Crippen molar-refractivity contribution in [1.29, 1.82) is 0 Å². The van der Waals surface area contributed by atoms with E-state index in [4.69, 9.17) is 14.2 Å². The lowest BCUT2D eigenvalue weighted by Crippen LogP contribution is -2.26. The van der Waals surface area contributed by atoms with E-state index in [0.717, 1.165) is 16.8 Å². The van der Waals surface area contributed by atoms with E-state index < -0.39 is 12.1 Å². The highest BCUT2D eigenvalue weighted by Gasteiger charge is 2.18. The zero-order valence-electron chi connectivity index (χ0n) is 20.4. The van der Waals surface area contributed by atoms with Gasteiger partial charge in [-0.25, -0.2) is 4.79 Å². The number of ether oxygens (including phenoxy) is 3. The van der Waals surface area contributed by atoms with E-state index >= 15 is 0 Å². The molecule has 10 nitrogen and oxygen atoms in total. The van der Waals surface area contributed by atoms with E-state index in [1.165, 1.54) is 7.11 Å². The third kappa shape index (κ3) is 7.82. The van der Waals surface area contributed by atoms with E-state index in [2.05, 4.69) is 20.3 Å². The molecule has 0 radical (unpaired) electrons. The van der Waals surface area contributed by atoms with Crippen LogP contribution < -0.4 is 19.7 Å². The van der Waals surface area contributed by atoms with Crippen LogP contribution in [-0.2, 0) is 16.0 Å². The van der Waals surface area contributed by atoms with Gasteiger partial charge in [0.2, 0.25) is 11.9 Å². The number of hydrogen-bond donors (Lipinski definition) is 2. The minimum Gasteiger partial charge on any atom is -0.492 e. The summed E-state index contributed by atoms with van der Waals surface area (Å²) in [6.45, 7) is 5.06. The number of anilines is 3. The summed E-state index contributed by atoms with van der Waals surface area (Å²) in [5.74, 6) is 0.537. The molecule has 0 aliphatic carbocycles. The SMILES string of the molecule is CCOC(Cc1ccc(OCCN(C)c2nc(Nc3ccc(C)cc3)nc(OC)n2)cc1)C(=O)O. The van der Waals surface area contributed by atoms with E-state index in [1.54, 1.807) is 6.92 Å². The van der Waals surface area contributed by atoms with Crippen LogP contribution in [0.5, 0.6) is 11.8 Å². The second-order valence-corrected chi connectivity index (χ2v) is 7.84. The Hall–Kier alpha value is -3.92. The van der Waals surface area contributed by atoms with Crippen molar-refractivity contribution < 1.29 is 24.1 Å². The van der Waals surface area contributed by atoms with Crippen LogP contribution in [0.25, 0.3) is 0 Å². The molecule has 0 bridgehead atoms. The normalized spacial score (nSPS) is 11.5. The van der Waals surface area contributed by atoms with Crippen LogP contribution in [0.1, 0.15) is 18.1 Å². The number of carboxylic acid groups (broad SMARTS) is 1. The van der Waals surface area contributed by atoms with Crippen LogP contribution in [0.4, 0.5) is 17.6 Å². The zero-order valence-corrected chi connectivity index (χ0v) is 20.4. The highest BCUT2D eigenvalue weighted by Crippen LogP contribution is 2.19. The molecular weight excluding hydrogens is 450 g/mol. The van der Waals surface area contributed by atoms with Crippen molar-refractivity contribution in [3.05, 3.63) is 59.7 Å². The van der Waals surface area contributed by atoms with Gasteiger partial charge in [0.15, 0.2) is 6.10 Å². The van der Waals surface area contributed by atoms with Crippen molar-refractivity contribution in [3.8, 4) is 11.8 Å². The average Bonchev–Trinajstić information content (AvgIpc) is 2.85. The molecular formula is C25H31N5O5. The molecule has 35 heavy (non-hydrogen) atoms. The first kappa shape index (κ1) is 25.7. The minimum atomic E-state index is -0.970. The third-order valence-corrected chi connectivity index (χ3v) is 5.12. The molecule has 0 saturated heterocycles. The molecule has 3 aromatic rings. The molecule has 0 fully saturated rings. The fourth-order valence-corrected chi connectivity index (χ4v) is 3.18. The van der Waals surface area contributed by atoms with Gasteiger partial charge in [-0.2, -0.15) is 15.0 Å². The zero-order chi connectivity index (χ0) is 25.2. The number of carbonyl (C=O) groups is 1. The lowest BCUT2D eigenvalue weighted by Gasteiger charge is -2.18. The van der Waals surface area contributed by atoms with E-state index in [-0.39, 0.29) is 6.01 Å². The predicted octanol–water partition coefficient (Wildman–Crippen LogP) is 3.48. The number of nitrogens with zero attached hydrogens (tertiary/aromatic N) is 4. The molecule has 1 heterocycles. The number of benzene rings is 2. The average molecular weight is 482 g/mol. The first-order chi connectivity index (χ1) is 16.9. The van der Waals surface area contributed by atoms with Crippen molar-refractivity contribution in [1.82, 2.24) is 15.0 Å². The maximum absolute atomic E-state index is 11.3. The molecule has 0 aliphatic heterocycles. The van der Waals surface area contributed by atoms with Gasteiger partial charge in [0, 0.05) is 25.8 Å². The maximum Gasteiger partial charge on any atom is 0.333 e. The van der Waals surface area contributed by atoms with E-state index in [0.29, 0.717) is 43.8 Å². The summed E-state index contributed by atoms with van der Waals surface area (Å²) in [5.41, 5.74) is 2.88. The number of carboxylic acids is 1. The number of rotatable bonds is 13. The van der Waals surface area contributed by atoms with Gasteiger partial charge < -0.3 is 29.5 Å². The summed E-state index contributed by atoms with van der Waals surface area (Å²) in [5, 5.41) is 12.4. The van der Waals surface area contributed by atoms with Gasteiger partial charge >= 0.3 is 12.0 Å². The fraction of sp³-hybridized carbons (Fsp3) is 0.360. The van der Waals surface area contributed by atoms with E-state index in [9.17, 15) is 9.90 Å². The Morgan fingerprint density at radius 2 is 1.80 bits per heavy atom. The highest BCUT2D eigenvalue weighted by atomic mass is 16.5. The van der Waals surface area contributed by atoms with Gasteiger partial charge in [0.25, 0.3) is 0 Å². The smallest absolute Gasteiger partial charge is 0.333 e. The van der Waals surface area contributed by atoms with Gasteiger partial charge in [-0.15, -0.1) is 0 Å². The molecule has 1 unspecified atom stereocenters. The second kappa shape index (κ2) is 12.5. The Kier molecular flexibility index (Phi) is 9.19. The molecule has 1 aromatic heterocycles. The second-order valence-electron chi connectivity index (χ2n) is 7.84. The van der Waals surface area contributed by atoms with Gasteiger partial charge in [0.1, 0.15) is 12.4 Å². The van der Waals surface area contributed by atoms with Gasteiger partial charge in [-0.1, -0.05) is 29.8 Å². The standard InChI is InChI=1S/C25H31N5O5/c1-5-34-21(22(31)32)16-18-8-12-20(13-9-18)35-15-14-30(3)24-27-23(28-25(29-24)33-4)26-19-10-6-17(2)7-11-19/h6-13,21H,5,14-16H2,1-4H3,(H,31,32)(H,26,27,28,29). The monoisotopic (exact) mass is 481 g/mol. The van der Waals surface area contributed by atoms with Crippen LogP contribution in [0.2, 0.25) is 0 Å². The Labute approximate surface area is 204 Å². The molecule has 10 heteroatoms. The van der Waals surface area contributed by atoms with E-state index in [1.807, 2.05) is 67.4 Å². The summed E-state index contributed by atoms with van der Waals surface area (Å²) in [4.78, 5) is 26.2. The van der Waals surface area contributed by atoms with Crippen LogP contribution in [0.3, 0.4) is 0 Å². The number of aliphatic carboxylic acids is 1.